The summed E-state index contributed by atoms with van der Waals surface area (Å²) in [5.41, 5.74) is -3.05. The molecule has 0 bridgehead atoms. The normalized spacial score (nSPS) is 17.0. The van der Waals surface area contributed by atoms with Crippen LogP contribution in [0.3, 0.4) is 0 Å². The van der Waals surface area contributed by atoms with Crippen LogP contribution in [0, 0.1) is 0 Å². The molecule has 0 amide bonds. The van der Waals surface area contributed by atoms with Gasteiger partial charge in [-0.1, -0.05) is 0 Å². The zero-order valence-corrected chi connectivity index (χ0v) is 29.6. The van der Waals surface area contributed by atoms with Crippen molar-refractivity contribution < 1.29 is 34.8 Å². The lowest BCUT2D eigenvalue weighted by Gasteiger charge is -2.34. The van der Waals surface area contributed by atoms with Gasteiger partial charge in [-0.25, -0.2) is 0 Å². The number of anilines is 1. The Morgan fingerprint density at radius 2 is 1.20 bits per heavy atom. The van der Waals surface area contributed by atoms with Crippen LogP contribution in [0.15, 0.2) is 9.59 Å². The van der Waals surface area contributed by atoms with Gasteiger partial charge in [0, 0.05) is 47.2 Å². The van der Waals surface area contributed by atoms with E-state index in [2.05, 4.69) is 5.32 Å². The Morgan fingerprint density at radius 1 is 0.739 bits per heavy atom. The minimum absolute atomic E-state index is 0. The van der Waals surface area contributed by atoms with Crippen LogP contribution in [0.25, 0.3) is 0 Å². The van der Waals surface area contributed by atoms with Crippen molar-refractivity contribution in [3.63, 3.8) is 0 Å². The molecule has 13 nitrogen and oxygen atoms in total. The number of hydrogen-bond donors (Lipinski definition) is 1. The third kappa shape index (κ3) is 13.8. The van der Waals surface area contributed by atoms with E-state index in [0.29, 0.717) is 58.7 Å². The lowest BCUT2D eigenvalue weighted by atomic mass is 10.1. The first-order chi connectivity index (χ1) is 21.2. The first-order valence-corrected chi connectivity index (χ1v) is 16.2. The number of ether oxygens (including phenoxy) is 4. The molecular weight excluding hydrogens is 596 g/mol. The van der Waals surface area contributed by atoms with E-state index in [-0.39, 0.29) is 50.5 Å². The molecule has 1 aliphatic rings. The van der Waals surface area contributed by atoms with E-state index in [1.165, 1.54) is 0 Å². The van der Waals surface area contributed by atoms with Crippen molar-refractivity contribution in [3.8, 4) is 5.75 Å². The van der Waals surface area contributed by atoms with E-state index in [4.69, 9.17) is 18.9 Å². The molecule has 1 aromatic rings. The van der Waals surface area contributed by atoms with Crippen molar-refractivity contribution in [3.05, 3.63) is 20.4 Å². The highest BCUT2D eigenvalue weighted by atomic mass is 16.6. The van der Waals surface area contributed by atoms with Crippen molar-refractivity contribution in [2.45, 2.75) is 105 Å². The maximum Gasteiger partial charge on any atom is 0.323 e. The average molecular weight is 655 g/mol. The summed E-state index contributed by atoms with van der Waals surface area (Å²) < 4.78 is 22.3. The van der Waals surface area contributed by atoms with Crippen LogP contribution >= 0.6 is 0 Å². The van der Waals surface area contributed by atoms with Gasteiger partial charge >= 0.3 is 17.9 Å². The predicted octanol–water partition coefficient (Wildman–Crippen LogP) is 2.43. The quantitative estimate of drug-likeness (QED) is 0.144. The second-order valence-corrected chi connectivity index (χ2v) is 14.7. The summed E-state index contributed by atoms with van der Waals surface area (Å²) in [6.45, 7) is 21.8. The summed E-state index contributed by atoms with van der Waals surface area (Å²) in [6.07, 6.45) is 0.896. The number of esters is 3. The zero-order chi connectivity index (χ0) is 34.9. The van der Waals surface area contributed by atoms with Gasteiger partial charge in [-0.15, -0.1) is 0 Å². The molecule has 1 saturated heterocycles. The summed E-state index contributed by atoms with van der Waals surface area (Å²) in [5.74, 6) is -1.03. The fourth-order valence-electron chi connectivity index (χ4n) is 5.04. The van der Waals surface area contributed by atoms with Crippen LogP contribution < -0.4 is 20.9 Å². The van der Waals surface area contributed by atoms with Gasteiger partial charge in [0.15, 0.2) is 5.75 Å². The molecule has 13 heteroatoms. The van der Waals surface area contributed by atoms with Gasteiger partial charge in [0.2, 0.25) is 0 Å². The molecule has 0 aliphatic carbocycles. The summed E-state index contributed by atoms with van der Waals surface area (Å²) in [4.78, 5) is 69.0. The van der Waals surface area contributed by atoms with Gasteiger partial charge in [0.25, 0.3) is 10.9 Å². The van der Waals surface area contributed by atoms with Crippen molar-refractivity contribution in [2.75, 3.05) is 70.8 Å². The molecule has 264 valence electrons. The second-order valence-electron chi connectivity index (χ2n) is 14.7. The third-order valence-electron chi connectivity index (χ3n) is 6.92. The molecule has 0 aromatic heterocycles. The minimum Gasteiger partial charge on any atom is -0.488 e. The Balaban J connectivity index is 0.0000110. The predicted molar refractivity (Wildman–Crippen MR) is 178 cm³/mol. The Kier molecular flexibility index (Phi) is 14.2. The number of carbonyl (C=O) groups is 3. The third-order valence-corrected chi connectivity index (χ3v) is 6.92. The molecule has 1 N–H and O–H groups in total. The summed E-state index contributed by atoms with van der Waals surface area (Å²) in [7, 11) is 0. The highest BCUT2D eigenvalue weighted by Gasteiger charge is 2.33. The number of carbonyl (C=O) groups excluding carboxylic acids is 3. The molecule has 2 rings (SSSR count). The molecule has 46 heavy (non-hydrogen) atoms. The second kappa shape index (κ2) is 16.7. The van der Waals surface area contributed by atoms with Crippen LogP contribution in [0.1, 0.15) is 83.5 Å². The van der Waals surface area contributed by atoms with Gasteiger partial charge in [-0.3, -0.25) is 38.7 Å². The van der Waals surface area contributed by atoms with Crippen LogP contribution in [0.5, 0.6) is 5.75 Å². The fourth-order valence-corrected chi connectivity index (χ4v) is 5.04. The topological polar surface area (TPSA) is 144 Å². The molecule has 0 saturated carbocycles. The van der Waals surface area contributed by atoms with Crippen molar-refractivity contribution in [2.24, 2.45) is 0 Å². The standard InChI is InChI=1S/C33H56N4O9.H2/c1-11-43-29-26(27(40)28(29)41)34-14-12-13-23(30(42)46-33(8,9)10)37-19-17-35(21-24(38)44-31(2,3)4)15-16-36(18-20-37)22-25(39)45-32(5,6)7;/h23,34H,11-22H2,1-10H3;1H. The van der Waals surface area contributed by atoms with Crippen LogP contribution in [0.2, 0.25) is 0 Å². The van der Waals surface area contributed by atoms with Gasteiger partial charge < -0.3 is 24.3 Å². The molecule has 1 atom stereocenters. The fraction of sp³-hybridized carbons (Fsp3) is 0.788. The van der Waals surface area contributed by atoms with E-state index in [0.717, 1.165) is 0 Å². The number of rotatable bonds is 13. The Labute approximate surface area is 275 Å². The van der Waals surface area contributed by atoms with E-state index in [9.17, 15) is 24.0 Å². The van der Waals surface area contributed by atoms with Crippen LogP contribution in [-0.4, -0.2) is 121 Å². The van der Waals surface area contributed by atoms with Gasteiger partial charge in [0.05, 0.1) is 19.7 Å². The summed E-state index contributed by atoms with van der Waals surface area (Å²) in [5, 5.41) is 3.00. The molecule has 0 spiro atoms. The lowest BCUT2D eigenvalue weighted by Crippen LogP contribution is -2.49. The molecule has 0 radical (unpaired) electrons. The summed E-state index contributed by atoms with van der Waals surface area (Å²) >= 11 is 0. The van der Waals surface area contributed by atoms with Gasteiger partial charge in [0.1, 0.15) is 28.5 Å². The molecule has 1 heterocycles. The van der Waals surface area contributed by atoms with Crippen LogP contribution in [-0.2, 0) is 28.6 Å². The SMILES string of the molecule is CCOc1c(NCCCC(C(=O)OC(C)(C)C)N2CCN(CC(=O)OC(C)(C)C)CCN(CC(=O)OC(C)(C)C)CC2)c(=O)c1=O.[HH]. The highest BCUT2D eigenvalue weighted by molar-refractivity contribution is 5.76. The first kappa shape index (κ1) is 39.1. The van der Waals surface area contributed by atoms with Crippen LogP contribution in [0.4, 0.5) is 5.69 Å². The van der Waals surface area contributed by atoms with E-state index in [1.54, 1.807) is 6.92 Å². The highest BCUT2D eigenvalue weighted by Crippen LogP contribution is 2.20. The molecule has 1 aromatic carbocycles. The maximum atomic E-state index is 13.6. The molecule has 1 fully saturated rings. The first-order valence-electron chi connectivity index (χ1n) is 16.2. The zero-order valence-electron chi connectivity index (χ0n) is 29.6. The van der Waals surface area contributed by atoms with E-state index < -0.39 is 33.7 Å². The van der Waals surface area contributed by atoms with Crippen molar-refractivity contribution in [1.82, 2.24) is 14.7 Å². The average Bonchev–Trinajstić information content (AvgIpc) is 2.97. The minimum atomic E-state index is -0.714. The monoisotopic (exact) mass is 654 g/mol. The van der Waals surface area contributed by atoms with Gasteiger partial charge in [-0.05, 0) is 82.1 Å². The number of hydrogen-bond acceptors (Lipinski definition) is 13. The van der Waals surface area contributed by atoms with E-state index in [1.807, 2.05) is 77.0 Å². The number of nitrogens with zero attached hydrogens (tertiary/aromatic N) is 3. The maximum absolute atomic E-state index is 13.6. The largest absolute Gasteiger partial charge is 0.488 e. The van der Waals surface area contributed by atoms with Gasteiger partial charge in [-0.2, -0.15) is 0 Å². The Bertz CT molecular complexity index is 1200. The Hall–Kier alpha value is -3.03. The molecule has 1 unspecified atom stereocenters. The lowest BCUT2D eigenvalue weighted by molar-refractivity contribution is -0.163. The summed E-state index contributed by atoms with van der Waals surface area (Å²) in [6, 6.07) is -0.634. The number of nitrogens with one attached hydrogen (secondary N) is 1. The van der Waals surface area contributed by atoms with Crippen molar-refractivity contribution >= 4 is 23.6 Å². The molecule has 1 aliphatic heterocycles. The Morgan fingerprint density at radius 3 is 1.63 bits per heavy atom. The van der Waals surface area contributed by atoms with E-state index >= 15 is 0 Å². The van der Waals surface area contributed by atoms with Crippen molar-refractivity contribution in [1.29, 1.82) is 0 Å². The smallest absolute Gasteiger partial charge is 0.323 e. The molecular formula is C33H58N4O9.